The lowest BCUT2D eigenvalue weighted by atomic mass is 9.85. The topological polar surface area (TPSA) is 100 Å². The van der Waals surface area contributed by atoms with E-state index in [0.29, 0.717) is 23.7 Å². The van der Waals surface area contributed by atoms with Gasteiger partial charge in [-0.25, -0.2) is 4.79 Å². The molecule has 144 valence electrons. The van der Waals surface area contributed by atoms with E-state index in [1.165, 1.54) is 0 Å². The van der Waals surface area contributed by atoms with E-state index in [2.05, 4.69) is 10.6 Å². The molecule has 0 radical (unpaired) electrons. The molecule has 0 saturated heterocycles. The number of urea groups is 1. The molecule has 1 fully saturated rings. The van der Waals surface area contributed by atoms with Crippen molar-refractivity contribution >= 4 is 17.7 Å². The van der Waals surface area contributed by atoms with Crippen molar-refractivity contribution in [2.24, 2.45) is 0 Å². The minimum atomic E-state index is -0.829. The van der Waals surface area contributed by atoms with Crippen LogP contribution in [-0.2, 0) is 4.79 Å². The van der Waals surface area contributed by atoms with Crippen LogP contribution in [0.5, 0.6) is 11.5 Å². The first-order chi connectivity index (χ1) is 12.4. The van der Waals surface area contributed by atoms with Gasteiger partial charge in [0.1, 0.15) is 0 Å². The number of amides is 2. The van der Waals surface area contributed by atoms with Crippen molar-refractivity contribution in [1.82, 2.24) is 10.2 Å². The fraction of sp³-hybridized carbons (Fsp3) is 0.556. The number of methoxy groups -OCH3 is 2. The van der Waals surface area contributed by atoms with Crippen LogP contribution in [0.2, 0.25) is 0 Å². The summed E-state index contributed by atoms with van der Waals surface area (Å²) >= 11 is 0. The number of nitrogens with zero attached hydrogens (tertiary/aromatic N) is 1. The zero-order chi connectivity index (χ0) is 19.3. The number of nitrogens with one attached hydrogen (secondary N) is 2. The Morgan fingerprint density at radius 1 is 1.23 bits per heavy atom. The predicted molar refractivity (Wildman–Crippen MR) is 98.1 cm³/mol. The number of likely N-dealkylation sites (N-methyl/N-ethyl adjacent to an activating group) is 1. The van der Waals surface area contributed by atoms with Crippen molar-refractivity contribution < 1.29 is 24.2 Å². The summed E-state index contributed by atoms with van der Waals surface area (Å²) in [6.07, 6.45) is 1.50. The lowest BCUT2D eigenvalue weighted by molar-refractivity contribution is -0.139. The Morgan fingerprint density at radius 2 is 1.85 bits per heavy atom. The Balaban J connectivity index is 1.88. The first kappa shape index (κ1) is 19.8. The van der Waals surface area contributed by atoms with Crippen molar-refractivity contribution in [2.45, 2.75) is 38.8 Å². The van der Waals surface area contributed by atoms with Crippen LogP contribution in [0.4, 0.5) is 10.5 Å². The highest BCUT2D eigenvalue weighted by Gasteiger charge is 2.34. The Morgan fingerprint density at radius 3 is 2.38 bits per heavy atom. The first-order valence-corrected chi connectivity index (χ1v) is 8.63. The van der Waals surface area contributed by atoms with Crippen LogP contribution in [0.15, 0.2) is 12.1 Å². The summed E-state index contributed by atoms with van der Waals surface area (Å²) in [6, 6.07) is 3.49. The maximum atomic E-state index is 12.2. The lowest BCUT2D eigenvalue weighted by Gasteiger charge is -2.42. The van der Waals surface area contributed by atoms with Gasteiger partial charge in [0.05, 0.1) is 20.8 Å². The average Bonchev–Trinajstić information content (AvgIpc) is 2.57. The molecule has 0 aromatic heterocycles. The van der Waals surface area contributed by atoms with Crippen molar-refractivity contribution in [2.75, 3.05) is 32.6 Å². The van der Waals surface area contributed by atoms with Crippen LogP contribution in [0.25, 0.3) is 0 Å². The van der Waals surface area contributed by atoms with Gasteiger partial charge < -0.3 is 25.2 Å². The van der Waals surface area contributed by atoms with Gasteiger partial charge in [-0.2, -0.15) is 0 Å². The number of carbonyl (C=O) groups is 2. The number of carboxylic acids is 1. The number of anilines is 1. The summed E-state index contributed by atoms with van der Waals surface area (Å²) in [6.45, 7) is 4.53. The van der Waals surface area contributed by atoms with Gasteiger partial charge in [-0.15, -0.1) is 0 Å². The maximum Gasteiger partial charge on any atom is 0.319 e. The number of carbonyl (C=O) groups excluding carboxylic acids is 1. The van der Waals surface area contributed by atoms with E-state index in [0.717, 1.165) is 18.4 Å². The quantitative estimate of drug-likeness (QED) is 0.652. The van der Waals surface area contributed by atoms with Gasteiger partial charge in [0.2, 0.25) is 0 Å². The number of aliphatic carboxylic acids is 1. The molecule has 1 aromatic rings. The van der Waals surface area contributed by atoms with E-state index in [1.54, 1.807) is 26.4 Å². The highest BCUT2D eigenvalue weighted by Crippen LogP contribution is 2.33. The smallest absolute Gasteiger partial charge is 0.319 e. The van der Waals surface area contributed by atoms with Crippen LogP contribution in [0.1, 0.15) is 25.3 Å². The van der Waals surface area contributed by atoms with E-state index in [4.69, 9.17) is 14.6 Å². The summed E-state index contributed by atoms with van der Waals surface area (Å²) < 4.78 is 10.5. The van der Waals surface area contributed by atoms with Crippen LogP contribution < -0.4 is 20.1 Å². The van der Waals surface area contributed by atoms with Gasteiger partial charge in [0, 0.05) is 23.8 Å². The number of hydrogen-bond donors (Lipinski definition) is 3. The molecular formula is C18H27N3O5. The minimum absolute atomic E-state index is 0.0327. The van der Waals surface area contributed by atoms with E-state index >= 15 is 0 Å². The normalized spacial score (nSPS) is 18.8. The Kier molecular flexibility index (Phi) is 6.68. The molecule has 0 unspecified atom stereocenters. The van der Waals surface area contributed by atoms with Crippen LogP contribution >= 0.6 is 0 Å². The van der Waals surface area contributed by atoms with Gasteiger partial charge in [-0.05, 0) is 37.9 Å². The fourth-order valence-electron chi connectivity index (χ4n) is 3.14. The maximum absolute atomic E-state index is 12.2. The predicted octanol–water partition coefficient (Wildman–Crippen LogP) is 2.07. The average molecular weight is 365 g/mol. The number of ether oxygens (including phenoxy) is 2. The van der Waals surface area contributed by atoms with E-state index in [1.807, 2.05) is 18.7 Å². The molecule has 1 aliphatic rings. The molecule has 1 aromatic carbocycles. The number of aryl methyl sites for hydroxylation is 1. The van der Waals surface area contributed by atoms with Gasteiger partial charge in [0.15, 0.2) is 11.5 Å². The second-order valence-corrected chi connectivity index (χ2v) is 6.40. The molecule has 26 heavy (non-hydrogen) atoms. The Hall–Kier alpha value is -2.48. The Bertz CT molecular complexity index is 658. The third-order valence-electron chi connectivity index (χ3n) is 4.69. The van der Waals surface area contributed by atoms with Gasteiger partial charge in [0.25, 0.3) is 0 Å². The molecule has 2 rings (SSSR count). The molecule has 3 N–H and O–H groups in total. The summed E-state index contributed by atoms with van der Waals surface area (Å²) in [5.41, 5.74) is 1.51. The van der Waals surface area contributed by atoms with E-state index < -0.39 is 5.97 Å². The van der Waals surface area contributed by atoms with E-state index in [-0.39, 0.29) is 24.7 Å². The van der Waals surface area contributed by atoms with Gasteiger partial charge in [-0.1, -0.05) is 6.92 Å². The fourth-order valence-corrected chi connectivity index (χ4v) is 3.14. The molecule has 1 saturated carbocycles. The second-order valence-electron chi connectivity index (χ2n) is 6.40. The molecule has 0 heterocycles. The molecule has 0 aliphatic heterocycles. The highest BCUT2D eigenvalue weighted by molar-refractivity contribution is 5.91. The summed E-state index contributed by atoms with van der Waals surface area (Å²) in [4.78, 5) is 25.0. The largest absolute Gasteiger partial charge is 0.493 e. The molecule has 8 heteroatoms. The number of rotatable bonds is 8. The number of hydrogen-bond acceptors (Lipinski definition) is 5. The molecule has 0 spiro atoms. The molecule has 0 atom stereocenters. The highest BCUT2D eigenvalue weighted by atomic mass is 16.5. The van der Waals surface area contributed by atoms with Crippen molar-refractivity contribution in [3.63, 3.8) is 0 Å². The summed E-state index contributed by atoms with van der Waals surface area (Å²) in [5.74, 6) is 0.324. The monoisotopic (exact) mass is 365 g/mol. The molecular weight excluding hydrogens is 338 g/mol. The van der Waals surface area contributed by atoms with Crippen LogP contribution in [-0.4, -0.2) is 61.4 Å². The molecule has 0 bridgehead atoms. The zero-order valence-electron chi connectivity index (χ0n) is 15.7. The standard InChI is InChI=1S/C18H27N3O5/c1-5-21(10-17(22)23)13-7-12(8-13)19-18(24)20-14-9-16(26-4)15(25-3)6-11(14)2/h6,9,12-13H,5,7-8,10H2,1-4H3,(H,22,23)(H2,19,20,24). The Labute approximate surface area is 153 Å². The zero-order valence-corrected chi connectivity index (χ0v) is 15.7. The molecule has 2 amide bonds. The molecule has 1 aliphatic carbocycles. The SMILES string of the molecule is CCN(CC(=O)O)C1CC(NC(=O)Nc2cc(OC)c(OC)cc2C)C1. The van der Waals surface area contributed by atoms with Crippen LogP contribution in [0.3, 0.4) is 0 Å². The third kappa shape index (κ3) is 4.78. The first-order valence-electron chi connectivity index (χ1n) is 8.63. The van der Waals surface area contributed by atoms with Gasteiger partial charge in [-0.3, -0.25) is 9.69 Å². The number of carboxylic acid groups (broad SMARTS) is 1. The second kappa shape index (κ2) is 8.75. The lowest BCUT2D eigenvalue weighted by Crippen LogP contribution is -2.55. The van der Waals surface area contributed by atoms with Gasteiger partial charge >= 0.3 is 12.0 Å². The van der Waals surface area contributed by atoms with Crippen LogP contribution in [0, 0.1) is 6.92 Å². The summed E-state index contributed by atoms with van der Waals surface area (Å²) in [7, 11) is 3.11. The van der Waals surface area contributed by atoms with Crippen molar-refractivity contribution in [3.05, 3.63) is 17.7 Å². The van der Waals surface area contributed by atoms with E-state index in [9.17, 15) is 9.59 Å². The summed E-state index contributed by atoms with van der Waals surface area (Å²) in [5, 5.41) is 14.7. The number of benzene rings is 1. The van der Waals surface area contributed by atoms with Crippen molar-refractivity contribution in [1.29, 1.82) is 0 Å². The third-order valence-corrected chi connectivity index (χ3v) is 4.69. The molecule has 8 nitrogen and oxygen atoms in total. The van der Waals surface area contributed by atoms with Crippen molar-refractivity contribution in [3.8, 4) is 11.5 Å². The minimum Gasteiger partial charge on any atom is -0.493 e.